The van der Waals surface area contributed by atoms with Gasteiger partial charge in [-0.15, -0.1) is 20.5 Å². The van der Waals surface area contributed by atoms with Crippen LogP contribution in [-0.4, -0.2) is 74.2 Å². The number of aromatic nitrogens is 10. The summed E-state index contributed by atoms with van der Waals surface area (Å²) in [6.07, 6.45) is 1.48. The molecule has 0 fully saturated rings. The second kappa shape index (κ2) is 14.8. The molecule has 20 heteroatoms. The van der Waals surface area contributed by atoms with E-state index >= 15 is 0 Å². The number of hydrogen-bond donors (Lipinski definition) is 2. The lowest BCUT2D eigenvalue weighted by Gasteiger charge is -2.06. The minimum atomic E-state index is -0.808. The fraction of sp³-hybridized carbons (Fsp3) is 0.139. The third-order valence-corrected chi connectivity index (χ3v) is 8.56. The summed E-state index contributed by atoms with van der Waals surface area (Å²) in [7, 11) is 4.49. The Kier molecular flexibility index (Phi) is 9.58. The highest BCUT2D eigenvalue weighted by atomic mass is 16.5. The van der Waals surface area contributed by atoms with Crippen LogP contribution in [0, 0.1) is 13.8 Å². The lowest BCUT2D eigenvalue weighted by atomic mass is 10.1. The van der Waals surface area contributed by atoms with E-state index in [0.29, 0.717) is 28.2 Å². The molecule has 56 heavy (non-hydrogen) atoms. The van der Waals surface area contributed by atoms with Crippen molar-refractivity contribution in [2.45, 2.75) is 13.8 Å². The number of Topliss-reactive ketones (excluding diaryl/α,β-unsaturated/α-hetero) is 1. The van der Waals surface area contributed by atoms with Crippen LogP contribution >= 0.6 is 0 Å². The number of azo groups is 2. The smallest absolute Gasteiger partial charge is 0.344 e. The number of ketones is 1. The summed E-state index contributed by atoms with van der Waals surface area (Å²) < 4.78 is 10.5. The van der Waals surface area contributed by atoms with Gasteiger partial charge in [-0.1, -0.05) is 60.7 Å². The van der Waals surface area contributed by atoms with Gasteiger partial charge in [-0.05, 0) is 13.8 Å². The third kappa shape index (κ3) is 6.46. The maximum absolute atomic E-state index is 12.9. The third-order valence-electron chi connectivity index (χ3n) is 8.56. The number of aldehydes is 1. The maximum atomic E-state index is 12.9. The molecule has 280 valence electrons. The molecule has 0 spiro atoms. The summed E-state index contributed by atoms with van der Waals surface area (Å²) in [4.78, 5) is 45.9. The minimum Gasteiger partial charge on any atom is -0.465 e. The topological polar surface area (TPSA) is 259 Å². The Bertz CT molecular complexity index is 2710. The van der Waals surface area contributed by atoms with Crippen molar-refractivity contribution in [1.82, 2.24) is 49.1 Å². The maximum Gasteiger partial charge on any atom is 0.344 e. The monoisotopic (exact) mass is 752 g/mol. The van der Waals surface area contributed by atoms with Crippen molar-refractivity contribution >= 4 is 52.7 Å². The molecule has 0 radical (unpaired) electrons. The molecular formula is C36H32N16O4. The van der Waals surface area contributed by atoms with Crippen molar-refractivity contribution in [3.05, 3.63) is 95.6 Å². The normalized spacial score (nSPS) is 11.5. The first-order chi connectivity index (χ1) is 27.0. The molecule has 7 aromatic rings. The number of ether oxygens (including phenoxy) is 1. The summed E-state index contributed by atoms with van der Waals surface area (Å²) in [6, 6.07) is 19.6. The van der Waals surface area contributed by atoms with Crippen LogP contribution in [0.1, 0.15) is 32.1 Å². The van der Waals surface area contributed by atoms with E-state index in [1.54, 1.807) is 58.3 Å². The molecule has 0 amide bonds. The van der Waals surface area contributed by atoms with Crippen molar-refractivity contribution in [3.63, 3.8) is 0 Å². The van der Waals surface area contributed by atoms with Gasteiger partial charge >= 0.3 is 5.97 Å². The van der Waals surface area contributed by atoms with E-state index in [9.17, 15) is 14.4 Å². The Labute approximate surface area is 317 Å². The number of benzene rings is 2. The molecule has 0 aliphatic heterocycles. The van der Waals surface area contributed by atoms with E-state index in [1.807, 2.05) is 36.4 Å². The second-order valence-electron chi connectivity index (χ2n) is 12.1. The van der Waals surface area contributed by atoms with E-state index in [0.717, 1.165) is 0 Å². The van der Waals surface area contributed by atoms with Gasteiger partial charge in [0.05, 0.1) is 24.1 Å². The number of methoxy groups -OCH3 is 1. The molecule has 0 saturated heterocycles. The Morgan fingerprint density at radius 2 is 1.12 bits per heavy atom. The molecule has 4 N–H and O–H groups in total. The number of nitrogen functional groups attached to an aromatic ring is 2. The number of aryl methyl sites for hydroxylation is 4. The van der Waals surface area contributed by atoms with Gasteiger partial charge in [0.15, 0.2) is 52.6 Å². The quantitative estimate of drug-likeness (QED) is 0.0551. The molecule has 20 nitrogen and oxygen atoms in total. The summed E-state index contributed by atoms with van der Waals surface area (Å²) in [6.45, 7) is 3.36. The Morgan fingerprint density at radius 3 is 1.57 bits per heavy atom. The largest absolute Gasteiger partial charge is 0.465 e. The van der Waals surface area contributed by atoms with Gasteiger partial charge in [0.1, 0.15) is 23.3 Å². The second-order valence-corrected chi connectivity index (χ2v) is 12.1. The minimum absolute atomic E-state index is 0.00585. The number of carbonyl (C=O) groups is 3. The first-order valence-corrected chi connectivity index (χ1v) is 16.7. The van der Waals surface area contributed by atoms with Crippen molar-refractivity contribution in [3.8, 4) is 34.2 Å². The number of nitrogens with two attached hydrogens (primary N) is 2. The van der Waals surface area contributed by atoms with Crippen LogP contribution in [0.5, 0.6) is 0 Å². The summed E-state index contributed by atoms with van der Waals surface area (Å²) >= 11 is 0. The number of rotatable bonds is 11. The molecule has 0 bridgehead atoms. The highest BCUT2D eigenvalue weighted by Gasteiger charge is 2.27. The van der Waals surface area contributed by atoms with Gasteiger partial charge in [-0.2, -0.15) is 29.8 Å². The number of hydrogen-bond acceptors (Lipinski definition) is 16. The first kappa shape index (κ1) is 36.3. The number of esters is 1. The summed E-state index contributed by atoms with van der Waals surface area (Å²) in [5.74, 6) is -0.602. The number of anilines is 2. The average Bonchev–Trinajstić information content (AvgIpc) is 3.91. The molecule has 0 unspecified atom stereocenters. The highest BCUT2D eigenvalue weighted by Crippen LogP contribution is 2.36. The van der Waals surface area contributed by atoms with E-state index < -0.39 is 11.8 Å². The van der Waals surface area contributed by atoms with Crippen LogP contribution in [0.15, 0.2) is 93.5 Å². The Balaban J connectivity index is 1.21. The van der Waals surface area contributed by atoms with Gasteiger partial charge in [-0.25, -0.2) is 24.1 Å². The summed E-state index contributed by atoms with van der Waals surface area (Å²) in [5.41, 5.74) is 16.4. The molecule has 7 rings (SSSR count). The lowest BCUT2D eigenvalue weighted by molar-refractivity contribution is -0.104. The van der Waals surface area contributed by atoms with E-state index in [4.69, 9.17) is 16.2 Å². The zero-order chi connectivity index (χ0) is 39.7. The van der Waals surface area contributed by atoms with Gasteiger partial charge in [0.25, 0.3) is 0 Å². The molecule has 0 saturated carbocycles. The summed E-state index contributed by atoms with van der Waals surface area (Å²) in [5, 5.41) is 35.3. The van der Waals surface area contributed by atoms with E-state index in [-0.39, 0.29) is 69.4 Å². The molecule has 0 aliphatic carbocycles. The van der Waals surface area contributed by atoms with Crippen molar-refractivity contribution in [1.29, 1.82) is 0 Å². The molecule has 5 aromatic heterocycles. The zero-order valence-electron chi connectivity index (χ0n) is 30.6. The van der Waals surface area contributed by atoms with Gasteiger partial charge in [0.2, 0.25) is 5.78 Å². The van der Waals surface area contributed by atoms with E-state index in [1.165, 1.54) is 32.2 Å². The van der Waals surface area contributed by atoms with Gasteiger partial charge < -0.3 is 16.2 Å². The van der Waals surface area contributed by atoms with Crippen molar-refractivity contribution in [2.75, 3.05) is 18.6 Å². The van der Waals surface area contributed by atoms with Gasteiger partial charge in [-0.3, -0.25) is 9.59 Å². The number of carbonyl (C=O) groups excluding carboxylic acids is 3. The molecule has 5 heterocycles. The lowest BCUT2D eigenvalue weighted by Crippen LogP contribution is -2.09. The Morgan fingerprint density at radius 1 is 0.679 bits per heavy atom. The molecule has 0 aliphatic rings. The van der Waals surface area contributed by atoms with Crippen LogP contribution in [0.2, 0.25) is 0 Å². The van der Waals surface area contributed by atoms with E-state index in [2.05, 4.69) is 50.8 Å². The first-order valence-electron chi connectivity index (χ1n) is 16.7. The van der Waals surface area contributed by atoms with Crippen LogP contribution < -0.4 is 11.5 Å². The Hall–Kier alpha value is -8.03. The van der Waals surface area contributed by atoms with Crippen molar-refractivity contribution in [2.24, 2.45) is 34.6 Å². The SMILES string of the molecule is COC(=O)c1c(-c2ccccc2)nn(C)c1/N=N/c1c(C)nn(-c2cc(-n3nc(C)c(/N=N/c4c(C(=O)C=O)c(-c5ccccc5)nn4C)c3N)ncn2)c1N. The van der Waals surface area contributed by atoms with Crippen LogP contribution in [0.3, 0.4) is 0 Å². The number of nitrogens with zero attached hydrogens (tertiary/aromatic N) is 14. The van der Waals surface area contributed by atoms with Crippen LogP contribution in [0.25, 0.3) is 34.2 Å². The standard InChI is InChI=1S/C36H32N16O4/c1-19-28(41-43-34-26(23(54)17-53)30(47-49(34)3)21-12-8-6-9-13-21)32(37)51(45-19)24-16-25(40-18-39-24)52-33(38)29(20(2)46-52)42-44-35-27(36(55)56-5)31(48-50(35)4)22-14-10-7-11-15-22/h6-18H,37-38H2,1-5H3/b43-41+,44-42+. The highest BCUT2D eigenvalue weighted by molar-refractivity contribution is 6.36. The van der Waals surface area contributed by atoms with Crippen molar-refractivity contribution < 1.29 is 19.1 Å². The molecule has 0 atom stereocenters. The average molecular weight is 753 g/mol. The predicted octanol–water partition coefficient (Wildman–Crippen LogP) is 5.43. The zero-order valence-corrected chi connectivity index (χ0v) is 30.6. The molecular weight excluding hydrogens is 721 g/mol. The van der Waals surface area contributed by atoms with Gasteiger partial charge in [0, 0.05) is 31.3 Å². The fourth-order valence-electron chi connectivity index (χ4n) is 5.87. The van der Waals surface area contributed by atoms with Crippen LogP contribution in [-0.2, 0) is 23.6 Å². The fourth-order valence-corrected chi connectivity index (χ4v) is 5.87. The predicted molar refractivity (Wildman–Crippen MR) is 202 cm³/mol. The molecule has 2 aromatic carbocycles. The van der Waals surface area contributed by atoms with Crippen LogP contribution in [0.4, 0.5) is 34.6 Å².